The smallest absolute Gasteiger partial charge is 0.264 e. The summed E-state index contributed by atoms with van der Waals surface area (Å²) >= 11 is 0. The fourth-order valence-corrected chi connectivity index (χ4v) is 2.02. The molecule has 21 heavy (non-hydrogen) atoms. The summed E-state index contributed by atoms with van der Waals surface area (Å²) in [7, 11) is 1.64. The number of nitrogens with one attached hydrogen (secondary N) is 1. The maximum Gasteiger partial charge on any atom is 0.264 e. The zero-order chi connectivity index (χ0) is 14.7. The number of aryl methyl sites for hydroxylation is 1. The van der Waals surface area contributed by atoms with Gasteiger partial charge in [0.15, 0.2) is 12.4 Å². The lowest BCUT2D eigenvalue weighted by molar-refractivity contribution is 0.239. The summed E-state index contributed by atoms with van der Waals surface area (Å²) in [5.74, 6) is 2.62. The normalized spacial score (nSPS) is 14.2. The van der Waals surface area contributed by atoms with Gasteiger partial charge in [0.25, 0.3) is 5.89 Å². The van der Waals surface area contributed by atoms with Gasteiger partial charge in [-0.05, 0) is 25.8 Å². The third kappa shape index (κ3) is 3.72. The van der Waals surface area contributed by atoms with Crippen molar-refractivity contribution < 1.29 is 14.0 Å². The Morgan fingerprint density at radius 3 is 2.90 bits per heavy atom. The molecule has 0 amide bonds. The van der Waals surface area contributed by atoms with Crippen LogP contribution >= 0.6 is 0 Å². The highest BCUT2D eigenvalue weighted by molar-refractivity contribution is 5.40. The molecule has 0 bridgehead atoms. The predicted molar refractivity (Wildman–Crippen MR) is 76.2 cm³/mol. The van der Waals surface area contributed by atoms with Gasteiger partial charge in [0.05, 0.1) is 7.11 Å². The molecular weight excluding hydrogens is 270 g/mol. The van der Waals surface area contributed by atoms with Gasteiger partial charge in [0.1, 0.15) is 11.5 Å². The first-order valence-electron chi connectivity index (χ1n) is 7.07. The standard InChI is InChI=1S/C15H19N3O3/c1-10-17-15(21-18-10)9-20-14-7-13(19-2)6-3-11(14)8-16-12-4-5-12/h3,6-7,12,16H,4-5,8-9H2,1-2H3. The van der Waals surface area contributed by atoms with Crippen LogP contribution in [0.25, 0.3) is 0 Å². The average Bonchev–Trinajstić information content (AvgIpc) is 3.24. The minimum atomic E-state index is 0.254. The van der Waals surface area contributed by atoms with Crippen LogP contribution in [0.2, 0.25) is 0 Å². The molecule has 1 aromatic heterocycles. The van der Waals surface area contributed by atoms with E-state index in [0.717, 1.165) is 23.6 Å². The molecule has 0 radical (unpaired) electrons. The lowest BCUT2D eigenvalue weighted by Gasteiger charge is -2.12. The molecule has 1 N–H and O–H groups in total. The maximum atomic E-state index is 5.82. The lowest BCUT2D eigenvalue weighted by atomic mass is 10.2. The quantitative estimate of drug-likeness (QED) is 0.843. The van der Waals surface area contributed by atoms with Crippen LogP contribution in [0.15, 0.2) is 22.7 Å². The van der Waals surface area contributed by atoms with E-state index >= 15 is 0 Å². The van der Waals surface area contributed by atoms with Crippen molar-refractivity contribution in [2.75, 3.05) is 7.11 Å². The van der Waals surface area contributed by atoms with Crippen molar-refractivity contribution in [3.63, 3.8) is 0 Å². The van der Waals surface area contributed by atoms with E-state index in [1.807, 2.05) is 18.2 Å². The molecule has 1 fully saturated rings. The molecule has 2 aromatic rings. The second-order valence-electron chi connectivity index (χ2n) is 5.15. The zero-order valence-electron chi connectivity index (χ0n) is 12.3. The fraction of sp³-hybridized carbons (Fsp3) is 0.467. The highest BCUT2D eigenvalue weighted by Gasteiger charge is 2.20. The topological polar surface area (TPSA) is 69.4 Å². The van der Waals surface area contributed by atoms with E-state index in [9.17, 15) is 0 Å². The van der Waals surface area contributed by atoms with Crippen LogP contribution in [0.1, 0.15) is 30.1 Å². The molecule has 6 heteroatoms. The monoisotopic (exact) mass is 289 g/mol. The largest absolute Gasteiger partial charge is 0.497 e. The highest BCUT2D eigenvalue weighted by atomic mass is 16.5. The van der Waals surface area contributed by atoms with E-state index in [1.54, 1.807) is 14.0 Å². The highest BCUT2D eigenvalue weighted by Crippen LogP contribution is 2.27. The van der Waals surface area contributed by atoms with Crippen LogP contribution in [-0.4, -0.2) is 23.3 Å². The molecule has 1 aliphatic rings. The number of nitrogens with zero attached hydrogens (tertiary/aromatic N) is 2. The summed E-state index contributed by atoms with van der Waals surface area (Å²) in [4.78, 5) is 4.13. The first-order chi connectivity index (χ1) is 10.2. The molecule has 0 atom stereocenters. The Kier molecular flexibility index (Phi) is 4.06. The summed E-state index contributed by atoms with van der Waals surface area (Å²) in [6.45, 7) is 2.82. The van der Waals surface area contributed by atoms with E-state index in [-0.39, 0.29) is 6.61 Å². The number of aromatic nitrogens is 2. The van der Waals surface area contributed by atoms with Crippen molar-refractivity contribution in [1.82, 2.24) is 15.5 Å². The molecule has 3 rings (SSSR count). The van der Waals surface area contributed by atoms with Gasteiger partial charge in [-0.25, -0.2) is 0 Å². The SMILES string of the molecule is COc1ccc(CNC2CC2)c(OCc2nc(C)no2)c1. The summed E-state index contributed by atoms with van der Waals surface area (Å²) < 4.78 is 16.1. The van der Waals surface area contributed by atoms with Crippen LogP contribution in [0.5, 0.6) is 11.5 Å². The molecular formula is C15H19N3O3. The van der Waals surface area contributed by atoms with E-state index in [0.29, 0.717) is 17.8 Å². The van der Waals surface area contributed by atoms with Crippen molar-refractivity contribution in [2.24, 2.45) is 0 Å². The van der Waals surface area contributed by atoms with Crippen LogP contribution in [0.3, 0.4) is 0 Å². The molecule has 0 spiro atoms. The Bertz CT molecular complexity index is 608. The predicted octanol–water partition coefficient (Wildman–Crippen LogP) is 2.22. The summed E-state index contributed by atoms with van der Waals surface area (Å²) in [5.41, 5.74) is 1.10. The molecule has 0 unspecified atom stereocenters. The fourth-order valence-electron chi connectivity index (χ4n) is 2.02. The van der Waals surface area contributed by atoms with Crippen molar-refractivity contribution in [3.8, 4) is 11.5 Å². The zero-order valence-corrected chi connectivity index (χ0v) is 12.3. The number of hydrogen-bond acceptors (Lipinski definition) is 6. The van der Waals surface area contributed by atoms with Gasteiger partial charge in [-0.3, -0.25) is 0 Å². The molecule has 0 saturated heterocycles. The second-order valence-corrected chi connectivity index (χ2v) is 5.15. The molecule has 112 valence electrons. The van der Waals surface area contributed by atoms with Crippen LogP contribution in [0, 0.1) is 6.92 Å². The second kappa shape index (κ2) is 6.13. The number of rotatable bonds is 7. The van der Waals surface area contributed by atoms with Crippen LogP contribution in [0.4, 0.5) is 0 Å². The van der Waals surface area contributed by atoms with Crippen molar-refractivity contribution >= 4 is 0 Å². The van der Waals surface area contributed by atoms with Gasteiger partial charge in [0, 0.05) is 24.2 Å². The maximum absolute atomic E-state index is 5.82. The van der Waals surface area contributed by atoms with Gasteiger partial charge in [0.2, 0.25) is 0 Å². The minimum absolute atomic E-state index is 0.254. The van der Waals surface area contributed by atoms with Gasteiger partial charge >= 0.3 is 0 Å². The average molecular weight is 289 g/mol. The van der Waals surface area contributed by atoms with Gasteiger partial charge in [-0.1, -0.05) is 11.2 Å². The molecule has 0 aliphatic heterocycles. The Hall–Kier alpha value is -2.08. The van der Waals surface area contributed by atoms with Gasteiger partial charge in [-0.2, -0.15) is 4.98 Å². The van der Waals surface area contributed by atoms with Crippen molar-refractivity contribution in [2.45, 2.75) is 39.0 Å². The Morgan fingerprint density at radius 2 is 2.24 bits per heavy atom. The number of methoxy groups -OCH3 is 1. The van der Waals surface area contributed by atoms with Gasteiger partial charge < -0.3 is 19.3 Å². The van der Waals surface area contributed by atoms with Crippen LogP contribution < -0.4 is 14.8 Å². The third-order valence-corrected chi connectivity index (χ3v) is 3.35. The van der Waals surface area contributed by atoms with E-state index < -0.39 is 0 Å². The first-order valence-corrected chi connectivity index (χ1v) is 7.07. The molecule has 1 heterocycles. The molecule has 1 saturated carbocycles. The van der Waals surface area contributed by atoms with E-state index in [2.05, 4.69) is 15.5 Å². The Labute approximate surface area is 123 Å². The van der Waals surface area contributed by atoms with E-state index in [1.165, 1.54) is 12.8 Å². The Balaban J connectivity index is 1.69. The molecule has 1 aliphatic carbocycles. The summed E-state index contributed by atoms with van der Waals surface area (Å²) in [5, 5.41) is 7.23. The molecule has 1 aromatic carbocycles. The summed E-state index contributed by atoms with van der Waals surface area (Å²) in [6, 6.07) is 6.49. The third-order valence-electron chi connectivity index (χ3n) is 3.35. The van der Waals surface area contributed by atoms with E-state index in [4.69, 9.17) is 14.0 Å². The first kappa shape index (κ1) is 13.9. The summed E-state index contributed by atoms with van der Waals surface area (Å²) in [6.07, 6.45) is 2.52. The molecule has 6 nitrogen and oxygen atoms in total. The van der Waals surface area contributed by atoms with Gasteiger partial charge in [-0.15, -0.1) is 0 Å². The number of hydrogen-bond donors (Lipinski definition) is 1. The van der Waals surface area contributed by atoms with Crippen molar-refractivity contribution in [3.05, 3.63) is 35.5 Å². The number of ether oxygens (including phenoxy) is 2. The number of benzene rings is 1. The Morgan fingerprint density at radius 1 is 1.38 bits per heavy atom. The van der Waals surface area contributed by atoms with Crippen LogP contribution in [-0.2, 0) is 13.2 Å². The minimum Gasteiger partial charge on any atom is -0.497 e. The lowest BCUT2D eigenvalue weighted by Crippen LogP contribution is -2.16. The van der Waals surface area contributed by atoms with Crippen molar-refractivity contribution in [1.29, 1.82) is 0 Å².